The van der Waals surface area contributed by atoms with Crippen LogP contribution in [0.1, 0.15) is 11.1 Å². The Balaban J connectivity index is 1.50. The van der Waals surface area contributed by atoms with Crippen LogP contribution in [0.25, 0.3) is 11.4 Å². The molecule has 0 N–H and O–H groups in total. The molecule has 0 amide bonds. The van der Waals surface area contributed by atoms with Gasteiger partial charge in [-0.3, -0.25) is 4.57 Å². The summed E-state index contributed by atoms with van der Waals surface area (Å²) in [4.78, 5) is 0. The van der Waals surface area contributed by atoms with Crippen molar-refractivity contribution in [1.29, 1.82) is 0 Å². The van der Waals surface area contributed by atoms with Crippen LogP contribution in [0.2, 0.25) is 0 Å². The molecule has 0 bridgehead atoms. The number of nitrogens with zero attached hydrogens (tertiary/aromatic N) is 3. The first-order valence-electron chi connectivity index (χ1n) is 9.74. The highest BCUT2D eigenvalue weighted by molar-refractivity contribution is 7.99. The molecule has 1 aromatic heterocycles. The highest BCUT2D eigenvalue weighted by Gasteiger charge is 2.15. The van der Waals surface area contributed by atoms with Crippen molar-refractivity contribution < 1.29 is 9.13 Å². The molecule has 4 aromatic rings. The molecule has 0 radical (unpaired) electrons. The van der Waals surface area contributed by atoms with Crippen molar-refractivity contribution >= 4 is 11.8 Å². The number of rotatable bonds is 8. The fourth-order valence-electron chi connectivity index (χ4n) is 3.04. The minimum Gasteiger partial charge on any atom is -0.493 e. The monoisotopic (exact) mass is 419 g/mol. The molecule has 4 nitrogen and oxygen atoms in total. The van der Waals surface area contributed by atoms with E-state index in [1.165, 1.54) is 17.7 Å². The first-order valence-corrected chi connectivity index (χ1v) is 10.7. The first-order chi connectivity index (χ1) is 14.7. The Labute approximate surface area is 179 Å². The third-order valence-electron chi connectivity index (χ3n) is 4.61. The fraction of sp³-hybridized carbons (Fsp3) is 0.167. The molecule has 30 heavy (non-hydrogen) atoms. The fourth-order valence-corrected chi connectivity index (χ4v) is 3.80. The van der Waals surface area contributed by atoms with E-state index in [9.17, 15) is 4.39 Å². The molecule has 0 saturated carbocycles. The molecule has 0 aliphatic carbocycles. The summed E-state index contributed by atoms with van der Waals surface area (Å²) in [5, 5.41) is 9.59. The third-order valence-corrected chi connectivity index (χ3v) is 5.54. The number of aryl methyl sites for hydroxylation is 1. The van der Waals surface area contributed by atoms with Crippen LogP contribution >= 0.6 is 11.8 Å². The van der Waals surface area contributed by atoms with Gasteiger partial charge in [0.1, 0.15) is 11.6 Å². The van der Waals surface area contributed by atoms with E-state index in [2.05, 4.69) is 33.8 Å². The normalized spacial score (nSPS) is 10.9. The van der Waals surface area contributed by atoms with Gasteiger partial charge in [-0.1, -0.05) is 59.8 Å². The summed E-state index contributed by atoms with van der Waals surface area (Å²) in [7, 11) is 0. The van der Waals surface area contributed by atoms with Gasteiger partial charge < -0.3 is 4.74 Å². The summed E-state index contributed by atoms with van der Waals surface area (Å²) in [6, 6.07) is 24.5. The van der Waals surface area contributed by atoms with Gasteiger partial charge in [-0.05, 0) is 48.9 Å². The van der Waals surface area contributed by atoms with Gasteiger partial charge in [0.15, 0.2) is 11.0 Å². The second-order valence-electron chi connectivity index (χ2n) is 6.89. The maximum Gasteiger partial charge on any atom is 0.191 e. The molecule has 0 unspecified atom stereocenters. The Morgan fingerprint density at radius 3 is 2.37 bits per heavy atom. The van der Waals surface area contributed by atoms with Crippen LogP contribution in [0.5, 0.6) is 5.75 Å². The second kappa shape index (κ2) is 9.59. The van der Waals surface area contributed by atoms with E-state index < -0.39 is 0 Å². The highest BCUT2D eigenvalue weighted by atomic mass is 32.2. The minimum absolute atomic E-state index is 0.268. The van der Waals surface area contributed by atoms with Crippen LogP contribution in [0.4, 0.5) is 4.39 Å². The van der Waals surface area contributed by atoms with Crippen LogP contribution < -0.4 is 4.74 Å². The van der Waals surface area contributed by atoms with E-state index in [4.69, 9.17) is 4.74 Å². The summed E-state index contributed by atoms with van der Waals surface area (Å²) in [5.41, 5.74) is 3.19. The lowest BCUT2D eigenvalue weighted by molar-refractivity contribution is 0.343. The molecule has 0 atom stereocenters. The summed E-state index contributed by atoms with van der Waals surface area (Å²) in [5.74, 6) is 2.06. The summed E-state index contributed by atoms with van der Waals surface area (Å²) in [6.45, 7) is 3.26. The lowest BCUT2D eigenvalue weighted by Crippen LogP contribution is -2.06. The van der Waals surface area contributed by atoms with E-state index in [-0.39, 0.29) is 5.82 Å². The van der Waals surface area contributed by atoms with Crippen molar-refractivity contribution in [2.45, 2.75) is 18.6 Å². The van der Waals surface area contributed by atoms with Crippen molar-refractivity contribution in [3.63, 3.8) is 0 Å². The maximum atomic E-state index is 13.4. The van der Waals surface area contributed by atoms with Gasteiger partial charge in [-0.15, -0.1) is 10.2 Å². The molecule has 0 fully saturated rings. The van der Waals surface area contributed by atoms with Crippen molar-refractivity contribution in [2.24, 2.45) is 0 Å². The largest absolute Gasteiger partial charge is 0.493 e. The van der Waals surface area contributed by atoms with E-state index in [0.717, 1.165) is 33.6 Å². The number of halogens is 1. The van der Waals surface area contributed by atoms with Crippen LogP contribution in [0, 0.1) is 12.7 Å². The Morgan fingerprint density at radius 1 is 0.900 bits per heavy atom. The van der Waals surface area contributed by atoms with Crippen molar-refractivity contribution in [3.8, 4) is 17.1 Å². The molecule has 3 aromatic carbocycles. The van der Waals surface area contributed by atoms with E-state index >= 15 is 0 Å². The predicted molar refractivity (Wildman–Crippen MR) is 118 cm³/mol. The van der Waals surface area contributed by atoms with Gasteiger partial charge in [0.25, 0.3) is 0 Å². The highest BCUT2D eigenvalue weighted by Crippen LogP contribution is 2.25. The molecule has 1 heterocycles. The zero-order chi connectivity index (χ0) is 20.8. The number of aromatic nitrogens is 3. The molecular formula is C24H22FN3OS. The molecule has 6 heteroatoms. The summed E-state index contributed by atoms with van der Waals surface area (Å²) < 4.78 is 21.3. The Bertz CT molecular complexity index is 1080. The van der Waals surface area contributed by atoms with Gasteiger partial charge >= 0.3 is 0 Å². The SMILES string of the molecule is Cc1ccc(OCCSc2nnc(-c3ccc(F)cc3)n2Cc2ccccc2)cc1. The number of hydrogen-bond donors (Lipinski definition) is 0. The van der Waals surface area contributed by atoms with Crippen molar-refractivity contribution in [1.82, 2.24) is 14.8 Å². The van der Waals surface area contributed by atoms with Gasteiger partial charge in [0.2, 0.25) is 0 Å². The Hall–Kier alpha value is -3.12. The van der Waals surface area contributed by atoms with Crippen molar-refractivity contribution in [3.05, 3.63) is 95.8 Å². The van der Waals surface area contributed by atoms with Gasteiger partial charge in [0.05, 0.1) is 13.2 Å². The Morgan fingerprint density at radius 2 is 1.63 bits per heavy atom. The standard InChI is InChI=1S/C24H22FN3OS/c1-18-7-13-22(14-8-18)29-15-16-30-24-27-26-23(20-9-11-21(25)12-10-20)28(24)17-19-5-3-2-4-6-19/h2-14H,15-17H2,1H3. The molecule has 0 aliphatic rings. The molecule has 152 valence electrons. The number of thioether (sulfide) groups is 1. The number of ether oxygens (including phenoxy) is 1. The lowest BCUT2D eigenvalue weighted by atomic mass is 10.2. The lowest BCUT2D eigenvalue weighted by Gasteiger charge is -2.11. The topological polar surface area (TPSA) is 39.9 Å². The smallest absolute Gasteiger partial charge is 0.191 e. The number of hydrogen-bond acceptors (Lipinski definition) is 4. The van der Waals surface area contributed by atoms with Gasteiger partial charge in [0, 0.05) is 11.3 Å². The molecule has 4 rings (SSSR count). The second-order valence-corrected chi connectivity index (χ2v) is 7.96. The van der Waals surface area contributed by atoms with Crippen LogP contribution in [-0.2, 0) is 6.54 Å². The zero-order valence-electron chi connectivity index (χ0n) is 16.7. The first kappa shape index (κ1) is 20.2. The van der Waals surface area contributed by atoms with Crippen molar-refractivity contribution in [2.75, 3.05) is 12.4 Å². The minimum atomic E-state index is -0.268. The third kappa shape index (κ3) is 5.07. The molecule has 0 spiro atoms. The number of benzene rings is 3. The quantitative estimate of drug-likeness (QED) is 0.275. The predicted octanol–water partition coefficient (Wildman–Crippen LogP) is 5.61. The Kier molecular flexibility index (Phi) is 6.44. The van der Waals surface area contributed by atoms with E-state index in [1.54, 1.807) is 23.9 Å². The van der Waals surface area contributed by atoms with Crippen LogP contribution in [-0.4, -0.2) is 27.1 Å². The van der Waals surface area contributed by atoms with Gasteiger partial charge in [-0.2, -0.15) is 0 Å². The average Bonchev–Trinajstić information content (AvgIpc) is 3.16. The van der Waals surface area contributed by atoms with Gasteiger partial charge in [-0.25, -0.2) is 4.39 Å². The molecule has 0 saturated heterocycles. The average molecular weight is 420 g/mol. The summed E-state index contributed by atoms with van der Waals surface area (Å²) in [6.07, 6.45) is 0. The van der Waals surface area contributed by atoms with Crippen LogP contribution in [0.3, 0.4) is 0 Å². The molecule has 0 aliphatic heterocycles. The summed E-state index contributed by atoms with van der Waals surface area (Å²) >= 11 is 1.60. The van der Waals surface area contributed by atoms with E-state index in [1.807, 2.05) is 42.5 Å². The molecular weight excluding hydrogens is 397 g/mol. The zero-order valence-corrected chi connectivity index (χ0v) is 17.5. The van der Waals surface area contributed by atoms with Crippen LogP contribution in [0.15, 0.2) is 84.0 Å². The van der Waals surface area contributed by atoms with E-state index in [0.29, 0.717) is 13.2 Å². The maximum absolute atomic E-state index is 13.4.